The molecule has 2 bridgehead atoms. The lowest BCUT2D eigenvalue weighted by Gasteiger charge is -2.42. The molecule has 5 rings (SSSR count). The molecular weight excluding hydrogens is 391 g/mol. The predicted octanol–water partition coefficient (Wildman–Crippen LogP) is 3.73. The molecule has 2 fully saturated rings. The summed E-state index contributed by atoms with van der Waals surface area (Å²) in [7, 11) is 0. The lowest BCUT2D eigenvalue weighted by Crippen LogP contribution is -2.56. The zero-order valence-corrected chi connectivity index (χ0v) is 17.5. The van der Waals surface area contributed by atoms with E-state index in [1.807, 2.05) is 35.2 Å². The molecule has 6 heteroatoms. The van der Waals surface area contributed by atoms with E-state index in [0.29, 0.717) is 38.3 Å². The molecule has 0 saturated carbocycles. The van der Waals surface area contributed by atoms with Gasteiger partial charge in [0.1, 0.15) is 5.82 Å². The van der Waals surface area contributed by atoms with Crippen LogP contribution in [0.2, 0.25) is 0 Å². The van der Waals surface area contributed by atoms with Crippen molar-refractivity contribution in [3.05, 3.63) is 72.2 Å². The van der Waals surface area contributed by atoms with Crippen molar-refractivity contribution >= 4 is 22.5 Å². The summed E-state index contributed by atoms with van der Waals surface area (Å²) in [4.78, 5) is 21.4. The van der Waals surface area contributed by atoms with Crippen LogP contribution < -0.4 is 10.2 Å². The van der Waals surface area contributed by atoms with Gasteiger partial charge in [0, 0.05) is 56.3 Å². The van der Waals surface area contributed by atoms with Crippen LogP contribution in [-0.4, -0.2) is 47.5 Å². The van der Waals surface area contributed by atoms with E-state index in [0.717, 1.165) is 23.7 Å². The van der Waals surface area contributed by atoms with Gasteiger partial charge >= 0.3 is 0 Å². The number of nitrogens with one attached hydrogen (secondary N) is 1. The fraction of sp³-hybridized carbons (Fsp3) is 0.360. The van der Waals surface area contributed by atoms with Crippen LogP contribution in [0.4, 0.5) is 10.1 Å². The Kier molecular flexibility index (Phi) is 5.55. The first kappa shape index (κ1) is 19.9. The van der Waals surface area contributed by atoms with Crippen LogP contribution in [0.15, 0.2) is 60.8 Å². The van der Waals surface area contributed by atoms with Gasteiger partial charge in [0.05, 0.1) is 11.2 Å². The topological polar surface area (TPSA) is 48.5 Å². The number of hydrogen-bond donors (Lipinski definition) is 1. The van der Waals surface area contributed by atoms with Gasteiger partial charge in [-0.05, 0) is 42.7 Å². The van der Waals surface area contributed by atoms with E-state index in [9.17, 15) is 9.18 Å². The molecule has 3 heterocycles. The third-order valence-corrected chi connectivity index (χ3v) is 6.53. The Balaban J connectivity index is 1.15. The van der Waals surface area contributed by atoms with E-state index < -0.39 is 0 Å². The number of nitrogens with zero attached hydrogens (tertiary/aromatic N) is 3. The molecule has 2 unspecified atom stereocenters. The standard InChI is InChI=1S/C25H27FN4O/c26-22-7-1-2-9-24(22)30-19-10-11-20(30)17-29(16-19)25(31)12-14-27-15-18-5-3-8-23-21(18)6-4-13-28-23/h1-9,13,19-20,27H,10-12,14-17H2. The molecule has 1 N–H and O–H groups in total. The van der Waals surface area contributed by atoms with Crippen molar-refractivity contribution in [3.8, 4) is 0 Å². The van der Waals surface area contributed by atoms with Gasteiger partial charge in [-0.15, -0.1) is 0 Å². The van der Waals surface area contributed by atoms with Crippen molar-refractivity contribution in [2.24, 2.45) is 0 Å². The van der Waals surface area contributed by atoms with Crippen LogP contribution in [0.3, 0.4) is 0 Å². The molecule has 0 aliphatic carbocycles. The van der Waals surface area contributed by atoms with E-state index >= 15 is 0 Å². The van der Waals surface area contributed by atoms with Crippen LogP contribution in [-0.2, 0) is 11.3 Å². The van der Waals surface area contributed by atoms with E-state index in [-0.39, 0.29) is 23.8 Å². The molecule has 2 aliphatic rings. The SMILES string of the molecule is O=C(CCNCc1cccc2ncccc12)N1CC2CCC(C1)N2c1ccccc1F. The first-order valence-electron chi connectivity index (χ1n) is 11.0. The fourth-order valence-electron chi connectivity index (χ4n) is 5.06. The molecule has 1 amide bonds. The summed E-state index contributed by atoms with van der Waals surface area (Å²) in [5, 5.41) is 4.55. The normalized spacial score (nSPS) is 20.4. The molecule has 31 heavy (non-hydrogen) atoms. The zero-order valence-electron chi connectivity index (χ0n) is 17.5. The molecule has 1 aromatic heterocycles. The Morgan fingerprint density at radius 3 is 2.65 bits per heavy atom. The number of hydrogen-bond acceptors (Lipinski definition) is 4. The predicted molar refractivity (Wildman–Crippen MR) is 120 cm³/mol. The van der Waals surface area contributed by atoms with Crippen molar-refractivity contribution in [1.29, 1.82) is 0 Å². The molecular formula is C25H27FN4O. The molecule has 2 saturated heterocycles. The lowest BCUT2D eigenvalue weighted by atomic mass is 10.1. The summed E-state index contributed by atoms with van der Waals surface area (Å²) >= 11 is 0. The number of carbonyl (C=O) groups is 1. The van der Waals surface area contributed by atoms with Crippen LogP contribution in [0, 0.1) is 5.82 Å². The minimum Gasteiger partial charge on any atom is -0.360 e. The smallest absolute Gasteiger partial charge is 0.223 e. The number of piperazine rings is 1. The molecule has 2 aromatic carbocycles. The highest BCUT2D eigenvalue weighted by molar-refractivity contribution is 5.82. The van der Waals surface area contributed by atoms with Gasteiger partial charge in [0.2, 0.25) is 5.91 Å². The van der Waals surface area contributed by atoms with E-state index in [1.54, 1.807) is 12.3 Å². The quantitative estimate of drug-likeness (QED) is 0.620. The Morgan fingerprint density at radius 1 is 1.03 bits per heavy atom. The Bertz CT molecular complexity index is 1070. The van der Waals surface area contributed by atoms with Crippen molar-refractivity contribution in [3.63, 3.8) is 0 Å². The van der Waals surface area contributed by atoms with E-state index in [2.05, 4.69) is 27.3 Å². The summed E-state index contributed by atoms with van der Waals surface area (Å²) in [6.07, 6.45) is 4.30. The number of para-hydroxylation sites is 1. The number of pyridine rings is 1. The van der Waals surface area contributed by atoms with Gasteiger partial charge in [-0.2, -0.15) is 0 Å². The number of anilines is 1. The third kappa shape index (κ3) is 4.00. The van der Waals surface area contributed by atoms with Crippen molar-refractivity contribution < 1.29 is 9.18 Å². The second-order valence-corrected chi connectivity index (χ2v) is 8.46. The first-order chi connectivity index (χ1) is 15.2. The second-order valence-electron chi connectivity index (χ2n) is 8.46. The van der Waals surface area contributed by atoms with Crippen molar-refractivity contribution in [2.45, 2.75) is 37.9 Å². The van der Waals surface area contributed by atoms with Crippen LogP contribution in [0.1, 0.15) is 24.8 Å². The maximum atomic E-state index is 14.3. The highest BCUT2D eigenvalue weighted by atomic mass is 19.1. The Labute approximate surface area is 181 Å². The van der Waals surface area contributed by atoms with Gasteiger partial charge in [-0.3, -0.25) is 9.78 Å². The molecule has 0 radical (unpaired) electrons. The average Bonchev–Trinajstić information content (AvgIpc) is 3.05. The molecule has 3 aromatic rings. The molecule has 5 nitrogen and oxygen atoms in total. The van der Waals surface area contributed by atoms with Crippen molar-refractivity contribution in [1.82, 2.24) is 15.2 Å². The van der Waals surface area contributed by atoms with Gasteiger partial charge in [0.15, 0.2) is 0 Å². The lowest BCUT2D eigenvalue weighted by molar-refractivity contribution is -0.132. The largest absolute Gasteiger partial charge is 0.360 e. The van der Waals surface area contributed by atoms with Crippen LogP contribution in [0.25, 0.3) is 10.9 Å². The highest BCUT2D eigenvalue weighted by Gasteiger charge is 2.41. The molecule has 0 spiro atoms. The number of benzene rings is 2. The van der Waals surface area contributed by atoms with E-state index in [1.165, 1.54) is 11.6 Å². The first-order valence-corrected chi connectivity index (χ1v) is 11.0. The van der Waals surface area contributed by atoms with Crippen LogP contribution >= 0.6 is 0 Å². The number of aromatic nitrogens is 1. The minimum absolute atomic E-state index is 0.174. The average molecular weight is 419 g/mol. The molecule has 2 atom stereocenters. The summed E-state index contributed by atoms with van der Waals surface area (Å²) in [5.41, 5.74) is 2.85. The van der Waals surface area contributed by atoms with Crippen molar-refractivity contribution in [2.75, 3.05) is 24.5 Å². The highest BCUT2D eigenvalue weighted by Crippen LogP contribution is 2.36. The zero-order chi connectivity index (χ0) is 21.2. The number of halogens is 1. The summed E-state index contributed by atoms with van der Waals surface area (Å²) in [6.45, 7) is 2.71. The summed E-state index contributed by atoms with van der Waals surface area (Å²) < 4.78 is 14.3. The number of fused-ring (bicyclic) bond motifs is 3. The number of rotatable bonds is 6. The number of amides is 1. The second kappa shape index (κ2) is 8.63. The van der Waals surface area contributed by atoms with E-state index in [4.69, 9.17) is 0 Å². The number of likely N-dealkylation sites (tertiary alicyclic amines) is 1. The molecule has 160 valence electrons. The fourth-order valence-corrected chi connectivity index (χ4v) is 5.06. The molecule has 2 aliphatic heterocycles. The van der Waals surface area contributed by atoms with Gasteiger partial charge in [-0.1, -0.05) is 30.3 Å². The summed E-state index contributed by atoms with van der Waals surface area (Å²) in [5.74, 6) is 0.00387. The monoisotopic (exact) mass is 418 g/mol. The Morgan fingerprint density at radius 2 is 1.84 bits per heavy atom. The maximum absolute atomic E-state index is 14.3. The maximum Gasteiger partial charge on any atom is 0.223 e. The van der Waals surface area contributed by atoms with Gasteiger partial charge < -0.3 is 15.1 Å². The van der Waals surface area contributed by atoms with Gasteiger partial charge in [-0.25, -0.2) is 4.39 Å². The van der Waals surface area contributed by atoms with Gasteiger partial charge in [0.25, 0.3) is 0 Å². The third-order valence-electron chi connectivity index (χ3n) is 6.53. The number of carbonyl (C=O) groups excluding carboxylic acids is 1. The Hall–Kier alpha value is -2.99. The summed E-state index contributed by atoms with van der Waals surface area (Å²) in [6, 6.07) is 17.5. The minimum atomic E-state index is -0.174. The van der Waals surface area contributed by atoms with Crippen LogP contribution in [0.5, 0.6) is 0 Å².